The van der Waals surface area contributed by atoms with Gasteiger partial charge in [0.15, 0.2) is 0 Å². The minimum absolute atomic E-state index is 0.307. The summed E-state index contributed by atoms with van der Waals surface area (Å²) in [4.78, 5) is 0. The Kier molecular flexibility index (Phi) is 5.65. The number of hydrogen-bond donors (Lipinski definition) is 1. The smallest absolute Gasteiger partial charge is 0.118 e. The van der Waals surface area contributed by atoms with E-state index in [1.54, 1.807) is 14.2 Å². The summed E-state index contributed by atoms with van der Waals surface area (Å²) in [6.45, 7) is 6.52. The first-order valence-electron chi connectivity index (χ1n) is 7.90. The molecule has 1 aromatic carbocycles. The van der Waals surface area contributed by atoms with E-state index < -0.39 is 0 Å². The summed E-state index contributed by atoms with van der Waals surface area (Å²) in [5.41, 5.74) is 1.74. The third kappa shape index (κ3) is 4.72. The van der Waals surface area contributed by atoms with Crippen LogP contribution in [0.4, 0.5) is 0 Å². The van der Waals surface area contributed by atoms with Crippen LogP contribution in [-0.4, -0.2) is 33.4 Å². The largest absolute Gasteiger partial charge is 0.497 e. The average molecular weight is 291 g/mol. The number of ether oxygens (including phenoxy) is 2. The number of rotatable bonds is 8. The SMILES string of the molecule is COCCC(C)(C)CNC1CC(c2ccc(OC)cc2)C1. The fourth-order valence-electron chi connectivity index (χ4n) is 2.82. The maximum atomic E-state index is 5.21. The van der Waals surface area contributed by atoms with E-state index in [0.717, 1.165) is 25.3 Å². The maximum absolute atomic E-state index is 5.21. The van der Waals surface area contributed by atoms with Gasteiger partial charge in [-0.05, 0) is 48.3 Å². The molecule has 1 aliphatic carbocycles. The van der Waals surface area contributed by atoms with Crippen molar-refractivity contribution in [1.29, 1.82) is 0 Å². The molecule has 0 unspecified atom stereocenters. The second-order valence-electron chi connectivity index (χ2n) is 6.93. The minimum atomic E-state index is 0.307. The zero-order valence-electron chi connectivity index (χ0n) is 13.8. The van der Waals surface area contributed by atoms with Crippen LogP contribution in [0, 0.1) is 5.41 Å². The van der Waals surface area contributed by atoms with E-state index in [1.807, 2.05) is 0 Å². The number of methoxy groups -OCH3 is 2. The molecule has 3 nitrogen and oxygen atoms in total. The van der Waals surface area contributed by atoms with Crippen LogP contribution in [0.5, 0.6) is 5.75 Å². The second kappa shape index (κ2) is 7.28. The highest BCUT2D eigenvalue weighted by atomic mass is 16.5. The van der Waals surface area contributed by atoms with Crippen molar-refractivity contribution in [2.75, 3.05) is 27.4 Å². The predicted octanol–water partition coefficient (Wildman–Crippen LogP) is 3.59. The first-order chi connectivity index (χ1) is 10.0. The van der Waals surface area contributed by atoms with Crippen LogP contribution in [0.3, 0.4) is 0 Å². The molecule has 1 aromatic rings. The molecule has 0 bridgehead atoms. The van der Waals surface area contributed by atoms with Gasteiger partial charge in [-0.1, -0.05) is 26.0 Å². The lowest BCUT2D eigenvalue weighted by Crippen LogP contribution is -2.44. The summed E-state index contributed by atoms with van der Waals surface area (Å²) in [6, 6.07) is 9.18. The first kappa shape index (κ1) is 16.3. The molecular formula is C18H29NO2. The molecule has 0 amide bonds. The summed E-state index contributed by atoms with van der Waals surface area (Å²) in [7, 11) is 3.48. The summed E-state index contributed by atoms with van der Waals surface area (Å²) in [5, 5.41) is 3.71. The first-order valence-corrected chi connectivity index (χ1v) is 7.90. The highest BCUT2D eigenvalue weighted by molar-refractivity contribution is 5.30. The van der Waals surface area contributed by atoms with Crippen molar-refractivity contribution in [2.45, 2.75) is 45.1 Å². The van der Waals surface area contributed by atoms with Crippen LogP contribution in [0.2, 0.25) is 0 Å². The summed E-state index contributed by atoms with van der Waals surface area (Å²) in [6.07, 6.45) is 3.59. The van der Waals surface area contributed by atoms with Crippen LogP contribution in [0.1, 0.15) is 44.6 Å². The molecule has 1 saturated carbocycles. The van der Waals surface area contributed by atoms with Crippen molar-refractivity contribution >= 4 is 0 Å². The lowest BCUT2D eigenvalue weighted by atomic mass is 9.75. The van der Waals surface area contributed by atoms with E-state index >= 15 is 0 Å². The van der Waals surface area contributed by atoms with Crippen molar-refractivity contribution in [3.8, 4) is 5.75 Å². The average Bonchev–Trinajstić information content (AvgIpc) is 2.44. The predicted molar refractivity (Wildman–Crippen MR) is 87.0 cm³/mol. The molecule has 1 fully saturated rings. The van der Waals surface area contributed by atoms with Crippen molar-refractivity contribution in [1.82, 2.24) is 5.32 Å². The van der Waals surface area contributed by atoms with E-state index in [1.165, 1.54) is 18.4 Å². The zero-order chi connectivity index (χ0) is 15.3. The summed E-state index contributed by atoms with van der Waals surface area (Å²) in [5.74, 6) is 1.64. The van der Waals surface area contributed by atoms with E-state index in [2.05, 4.69) is 43.4 Å². The van der Waals surface area contributed by atoms with Gasteiger partial charge in [0.05, 0.1) is 7.11 Å². The molecule has 2 rings (SSSR count). The van der Waals surface area contributed by atoms with E-state index in [4.69, 9.17) is 9.47 Å². The van der Waals surface area contributed by atoms with Crippen LogP contribution in [0.15, 0.2) is 24.3 Å². The number of nitrogens with one attached hydrogen (secondary N) is 1. The van der Waals surface area contributed by atoms with Gasteiger partial charge in [0.1, 0.15) is 5.75 Å². The van der Waals surface area contributed by atoms with E-state index in [-0.39, 0.29) is 0 Å². The van der Waals surface area contributed by atoms with Crippen molar-refractivity contribution in [3.05, 3.63) is 29.8 Å². The Labute approximate surface area is 129 Å². The molecule has 118 valence electrons. The molecule has 0 saturated heterocycles. The second-order valence-corrected chi connectivity index (χ2v) is 6.93. The van der Waals surface area contributed by atoms with Crippen LogP contribution >= 0.6 is 0 Å². The topological polar surface area (TPSA) is 30.5 Å². The summed E-state index contributed by atoms with van der Waals surface area (Å²) >= 11 is 0. The van der Waals surface area contributed by atoms with Gasteiger partial charge < -0.3 is 14.8 Å². The number of benzene rings is 1. The van der Waals surface area contributed by atoms with Crippen molar-refractivity contribution in [2.24, 2.45) is 5.41 Å². The fourth-order valence-corrected chi connectivity index (χ4v) is 2.82. The molecule has 0 radical (unpaired) electrons. The van der Waals surface area contributed by atoms with Crippen LogP contribution < -0.4 is 10.1 Å². The molecule has 0 spiro atoms. The Morgan fingerprint density at radius 3 is 2.38 bits per heavy atom. The van der Waals surface area contributed by atoms with E-state index in [0.29, 0.717) is 17.4 Å². The van der Waals surface area contributed by atoms with Crippen molar-refractivity contribution in [3.63, 3.8) is 0 Å². The minimum Gasteiger partial charge on any atom is -0.497 e. The lowest BCUT2D eigenvalue weighted by Gasteiger charge is -2.38. The molecule has 1 aliphatic rings. The summed E-state index contributed by atoms with van der Waals surface area (Å²) < 4.78 is 10.4. The van der Waals surface area contributed by atoms with Crippen molar-refractivity contribution < 1.29 is 9.47 Å². The van der Waals surface area contributed by atoms with Crippen LogP contribution in [-0.2, 0) is 4.74 Å². The Bertz CT molecular complexity index is 421. The van der Waals surface area contributed by atoms with Gasteiger partial charge >= 0.3 is 0 Å². The van der Waals surface area contributed by atoms with Gasteiger partial charge in [0, 0.05) is 26.3 Å². The molecule has 3 heteroatoms. The normalized spacial score (nSPS) is 21.9. The van der Waals surface area contributed by atoms with Gasteiger partial charge in [-0.2, -0.15) is 0 Å². The van der Waals surface area contributed by atoms with Crippen LogP contribution in [0.25, 0.3) is 0 Å². The quantitative estimate of drug-likeness (QED) is 0.794. The standard InChI is InChI=1S/C18H29NO2/c1-18(2,9-10-20-3)13-19-16-11-15(12-16)14-5-7-17(21-4)8-6-14/h5-8,15-16,19H,9-13H2,1-4H3. The van der Waals surface area contributed by atoms with Gasteiger partial charge in [-0.3, -0.25) is 0 Å². The Hall–Kier alpha value is -1.06. The molecule has 0 heterocycles. The third-order valence-corrected chi connectivity index (χ3v) is 4.58. The highest BCUT2D eigenvalue weighted by Gasteiger charge is 2.31. The van der Waals surface area contributed by atoms with Gasteiger partial charge in [-0.15, -0.1) is 0 Å². The van der Waals surface area contributed by atoms with Gasteiger partial charge in [0.25, 0.3) is 0 Å². The Morgan fingerprint density at radius 2 is 1.81 bits per heavy atom. The Balaban J connectivity index is 1.71. The molecule has 1 N–H and O–H groups in total. The maximum Gasteiger partial charge on any atom is 0.118 e. The molecule has 0 aromatic heterocycles. The monoisotopic (exact) mass is 291 g/mol. The zero-order valence-corrected chi connectivity index (χ0v) is 13.8. The third-order valence-electron chi connectivity index (χ3n) is 4.58. The molecule has 21 heavy (non-hydrogen) atoms. The Morgan fingerprint density at radius 1 is 1.14 bits per heavy atom. The molecular weight excluding hydrogens is 262 g/mol. The highest BCUT2D eigenvalue weighted by Crippen LogP contribution is 2.37. The van der Waals surface area contributed by atoms with Gasteiger partial charge in [0.2, 0.25) is 0 Å². The fraction of sp³-hybridized carbons (Fsp3) is 0.667. The molecule has 0 atom stereocenters. The molecule has 0 aliphatic heterocycles. The number of hydrogen-bond acceptors (Lipinski definition) is 3. The van der Waals surface area contributed by atoms with Gasteiger partial charge in [-0.25, -0.2) is 0 Å². The van der Waals surface area contributed by atoms with E-state index in [9.17, 15) is 0 Å². The lowest BCUT2D eigenvalue weighted by molar-refractivity contribution is 0.144.